The number of imidazole rings is 1. The molecular formula is C12H11N3O2S2. The van der Waals surface area contributed by atoms with Crippen LogP contribution in [0.5, 0.6) is 0 Å². The fourth-order valence-corrected chi connectivity index (χ4v) is 3.17. The molecule has 3 aromatic rings. The summed E-state index contributed by atoms with van der Waals surface area (Å²) in [6.45, 7) is 1.93. The van der Waals surface area contributed by atoms with Gasteiger partial charge in [0, 0.05) is 11.8 Å². The van der Waals surface area contributed by atoms with E-state index >= 15 is 0 Å². The van der Waals surface area contributed by atoms with Crippen LogP contribution in [0.3, 0.4) is 0 Å². The average molecular weight is 293 g/mol. The second kappa shape index (κ2) is 4.14. The Morgan fingerprint density at radius 2 is 1.89 bits per heavy atom. The van der Waals surface area contributed by atoms with Gasteiger partial charge in [0.2, 0.25) is 4.96 Å². The van der Waals surface area contributed by atoms with Gasteiger partial charge in [-0.05, 0) is 19.1 Å². The zero-order valence-corrected chi connectivity index (χ0v) is 12.0. The molecular weight excluding hydrogens is 282 g/mol. The Bertz CT molecular complexity index is 813. The summed E-state index contributed by atoms with van der Waals surface area (Å²) in [6, 6.07) is 6.71. The van der Waals surface area contributed by atoms with Gasteiger partial charge in [0.15, 0.2) is 9.84 Å². The van der Waals surface area contributed by atoms with Crippen LogP contribution in [0.15, 0.2) is 35.4 Å². The monoisotopic (exact) mass is 293 g/mol. The standard InChI is InChI=1S/C12H11N3O2S2/c1-8-14-15-7-11(13-12(15)18-8)9-3-5-10(6-4-9)19(2,16)17/h3-7H,1-2H3. The smallest absolute Gasteiger partial charge is 0.212 e. The second-order valence-corrected chi connectivity index (χ2v) is 7.45. The van der Waals surface area contributed by atoms with E-state index < -0.39 is 9.84 Å². The van der Waals surface area contributed by atoms with Crippen LogP contribution in [0.2, 0.25) is 0 Å². The van der Waals surface area contributed by atoms with Gasteiger partial charge in [-0.15, -0.1) is 0 Å². The third kappa shape index (κ3) is 2.26. The van der Waals surface area contributed by atoms with Gasteiger partial charge < -0.3 is 0 Å². The lowest BCUT2D eigenvalue weighted by molar-refractivity contribution is 0.602. The van der Waals surface area contributed by atoms with Crippen molar-refractivity contribution in [2.45, 2.75) is 11.8 Å². The Balaban J connectivity index is 2.04. The van der Waals surface area contributed by atoms with Gasteiger partial charge in [0.1, 0.15) is 5.01 Å². The molecule has 0 radical (unpaired) electrons. The van der Waals surface area contributed by atoms with Gasteiger partial charge in [-0.25, -0.2) is 17.9 Å². The first-order chi connectivity index (χ1) is 8.93. The highest BCUT2D eigenvalue weighted by Gasteiger charge is 2.10. The van der Waals surface area contributed by atoms with E-state index in [1.165, 1.54) is 17.6 Å². The van der Waals surface area contributed by atoms with Gasteiger partial charge in [0.25, 0.3) is 0 Å². The van der Waals surface area contributed by atoms with E-state index in [-0.39, 0.29) is 0 Å². The Morgan fingerprint density at radius 1 is 1.21 bits per heavy atom. The molecule has 0 atom stereocenters. The fraction of sp³-hybridized carbons (Fsp3) is 0.167. The largest absolute Gasteiger partial charge is 0.224 e. The predicted molar refractivity (Wildman–Crippen MR) is 74.1 cm³/mol. The molecule has 5 nitrogen and oxygen atoms in total. The molecule has 19 heavy (non-hydrogen) atoms. The van der Waals surface area contributed by atoms with Crippen LogP contribution in [0.25, 0.3) is 16.2 Å². The van der Waals surface area contributed by atoms with Gasteiger partial charge in [0.05, 0.1) is 16.8 Å². The molecule has 0 aliphatic rings. The number of aryl methyl sites for hydroxylation is 1. The minimum absolute atomic E-state index is 0.311. The molecule has 98 valence electrons. The van der Waals surface area contributed by atoms with Crippen molar-refractivity contribution in [2.24, 2.45) is 0 Å². The maximum Gasteiger partial charge on any atom is 0.212 e. The van der Waals surface area contributed by atoms with E-state index in [0.717, 1.165) is 21.2 Å². The highest BCUT2D eigenvalue weighted by molar-refractivity contribution is 7.90. The number of sulfone groups is 1. The quantitative estimate of drug-likeness (QED) is 0.726. The van der Waals surface area contributed by atoms with Crippen molar-refractivity contribution >= 4 is 26.1 Å². The summed E-state index contributed by atoms with van der Waals surface area (Å²) in [5.74, 6) is 0. The molecule has 0 aliphatic carbocycles. The predicted octanol–water partition coefficient (Wildman–Crippen LogP) is 2.17. The van der Waals surface area contributed by atoms with Crippen LogP contribution in [0.1, 0.15) is 5.01 Å². The van der Waals surface area contributed by atoms with Crippen LogP contribution in [0.4, 0.5) is 0 Å². The molecule has 1 aromatic carbocycles. The molecule has 0 amide bonds. The van der Waals surface area contributed by atoms with Crippen LogP contribution >= 0.6 is 11.3 Å². The summed E-state index contributed by atoms with van der Waals surface area (Å²) < 4.78 is 24.5. The molecule has 0 fully saturated rings. The van der Waals surface area contributed by atoms with E-state index in [2.05, 4.69) is 10.1 Å². The van der Waals surface area contributed by atoms with Crippen LogP contribution in [-0.2, 0) is 9.84 Å². The van der Waals surface area contributed by atoms with E-state index in [1.807, 2.05) is 13.1 Å². The third-order valence-electron chi connectivity index (χ3n) is 2.72. The highest BCUT2D eigenvalue weighted by atomic mass is 32.2. The van der Waals surface area contributed by atoms with Crippen molar-refractivity contribution in [3.05, 3.63) is 35.5 Å². The Morgan fingerprint density at radius 3 is 2.47 bits per heavy atom. The second-order valence-electron chi connectivity index (χ2n) is 4.27. The van der Waals surface area contributed by atoms with E-state index in [1.54, 1.807) is 28.8 Å². The number of rotatable bonds is 2. The van der Waals surface area contributed by atoms with Gasteiger partial charge in [-0.1, -0.05) is 23.5 Å². The lowest BCUT2D eigenvalue weighted by Crippen LogP contribution is -1.96. The third-order valence-corrected chi connectivity index (χ3v) is 4.69. The fourth-order valence-electron chi connectivity index (χ4n) is 1.81. The first-order valence-corrected chi connectivity index (χ1v) is 8.27. The molecule has 0 saturated heterocycles. The maximum atomic E-state index is 11.4. The van der Waals surface area contributed by atoms with Gasteiger partial charge in [-0.2, -0.15) is 5.10 Å². The molecule has 2 heterocycles. The summed E-state index contributed by atoms with van der Waals surface area (Å²) in [6.07, 6.45) is 3.04. The van der Waals surface area contributed by atoms with E-state index in [0.29, 0.717) is 4.90 Å². The minimum atomic E-state index is -3.16. The molecule has 0 saturated carbocycles. The average Bonchev–Trinajstić information content (AvgIpc) is 2.85. The summed E-state index contributed by atoms with van der Waals surface area (Å²) in [4.78, 5) is 5.61. The van der Waals surface area contributed by atoms with Crippen LogP contribution in [-0.4, -0.2) is 29.3 Å². The van der Waals surface area contributed by atoms with Crippen molar-refractivity contribution in [1.29, 1.82) is 0 Å². The number of fused-ring (bicyclic) bond motifs is 1. The summed E-state index contributed by atoms with van der Waals surface area (Å²) in [5.41, 5.74) is 1.67. The first kappa shape index (κ1) is 12.3. The molecule has 0 spiro atoms. The van der Waals surface area contributed by atoms with Crippen molar-refractivity contribution < 1.29 is 8.42 Å². The van der Waals surface area contributed by atoms with Crippen molar-refractivity contribution in [3.8, 4) is 11.3 Å². The lowest BCUT2D eigenvalue weighted by Gasteiger charge is -1.99. The molecule has 2 aromatic heterocycles. The van der Waals surface area contributed by atoms with E-state index in [4.69, 9.17) is 0 Å². The van der Waals surface area contributed by atoms with Crippen molar-refractivity contribution in [2.75, 3.05) is 6.26 Å². The summed E-state index contributed by atoms with van der Waals surface area (Å²) in [7, 11) is -3.16. The summed E-state index contributed by atoms with van der Waals surface area (Å²) >= 11 is 1.52. The number of nitrogens with zero attached hydrogens (tertiary/aromatic N) is 3. The number of hydrogen-bond acceptors (Lipinski definition) is 5. The normalized spacial score (nSPS) is 12.1. The molecule has 0 bridgehead atoms. The Hall–Kier alpha value is -1.73. The van der Waals surface area contributed by atoms with Gasteiger partial charge in [-0.3, -0.25) is 0 Å². The number of hydrogen-bond donors (Lipinski definition) is 0. The molecule has 0 unspecified atom stereocenters. The topological polar surface area (TPSA) is 64.3 Å². The zero-order chi connectivity index (χ0) is 13.6. The number of benzene rings is 1. The van der Waals surface area contributed by atoms with Gasteiger partial charge >= 0.3 is 0 Å². The lowest BCUT2D eigenvalue weighted by atomic mass is 10.2. The minimum Gasteiger partial charge on any atom is -0.224 e. The molecule has 3 rings (SSSR count). The number of aromatic nitrogens is 3. The summed E-state index contributed by atoms with van der Waals surface area (Å²) in [5, 5.41) is 5.25. The Kier molecular flexibility index (Phi) is 2.68. The van der Waals surface area contributed by atoms with E-state index in [9.17, 15) is 8.42 Å². The molecule has 0 N–H and O–H groups in total. The first-order valence-electron chi connectivity index (χ1n) is 5.57. The van der Waals surface area contributed by atoms with Crippen LogP contribution < -0.4 is 0 Å². The molecule has 7 heteroatoms. The molecule has 0 aliphatic heterocycles. The van der Waals surface area contributed by atoms with Crippen molar-refractivity contribution in [1.82, 2.24) is 14.6 Å². The SMILES string of the molecule is Cc1nn2cc(-c3ccc(S(C)(=O)=O)cc3)nc2s1. The Labute approximate surface area is 114 Å². The highest BCUT2D eigenvalue weighted by Crippen LogP contribution is 2.23. The van der Waals surface area contributed by atoms with Crippen LogP contribution in [0, 0.1) is 6.92 Å². The zero-order valence-electron chi connectivity index (χ0n) is 10.4. The maximum absolute atomic E-state index is 11.4. The van der Waals surface area contributed by atoms with Crippen molar-refractivity contribution in [3.63, 3.8) is 0 Å².